The average molecular weight is 298 g/mol. The predicted molar refractivity (Wildman–Crippen MR) is 61.0 cm³/mol. The zero-order valence-corrected chi connectivity index (χ0v) is 9.96. The number of benzene rings is 1. The number of aromatic amines is 2. The van der Waals surface area contributed by atoms with Gasteiger partial charge in [0.25, 0.3) is 23.4 Å². The van der Waals surface area contributed by atoms with Crippen molar-refractivity contribution in [2.75, 3.05) is 0 Å². The Kier molecular flexibility index (Phi) is 4.78. The van der Waals surface area contributed by atoms with Crippen LogP contribution >= 0.6 is 0 Å². The van der Waals surface area contributed by atoms with Crippen LogP contribution < -0.4 is 10.1 Å². The Hall–Kier alpha value is -3.64. The number of nitro benzene ring substituents is 3. The molecule has 0 saturated heterocycles. The Morgan fingerprint density at radius 2 is 1.52 bits per heavy atom. The van der Waals surface area contributed by atoms with Gasteiger partial charge < -0.3 is 5.11 Å². The fourth-order valence-corrected chi connectivity index (χ4v) is 1.15. The topological polar surface area (TPSA) is 195 Å². The summed E-state index contributed by atoms with van der Waals surface area (Å²) >= 11 is 0. The maximum atomic E-state index is 11.1. The van der Waals surface area contributed by atoms with Crippen molar-refractivity contribution in [3.63, 3.8) is 0 Å². The molecule has 2 aromatic rings. The Morgan fingerprint density at radius 3 is 1.76 bits per heavy atom. The van der Waals surface area contributed by atoms with Crippen molar-refractivity contribution in [1.29, 1.82) is 0 Å². The van der Waals surface area contributed by atoms with Gasteiger partial charge in [-0.2, -0.15) is 0 Å². The lowest BCUT2D eigenvalue weighted by Crippen LogP contribution is -2.04. The maximum absolute atomic E-state index is 11.1. The summed E-state index contributed by atoms with van der Waals surface area (Å²) in [6, 6.07) is 0.769. The molecule has 0 radical (unpaired) electrons. The van der Waals surface area contributed by atoms with Crippen LogP contribution in [0, 0.1) is 30.3 Å². The molecule has 2 N–H and O–H groups in total. The third kappa shape index (κ3) is 3.91. The molecule has 13 heteroatoms. The third-order valence-corrected chi connectivity index (χ3v) is 2.00. The Balaban J connectivity index is 0.000000369. The van der Waals surface area contributed by atoms with Gasteiger partial charge in [0, 0.05) is 5.10 Å². The van der Waals surface area contributed by atoms with Crippen LogP contribution in [0.3, 0.4) is 0 Å². The van der Waals surface area contributed by atoms with Gasteiger partial charge in [0.05, 0.1) is 32.7 Å². The lowest BCUT2D eigenvalue weighted by atomic mass is 10.2. The zero-order chi connectivity index (χ0) is 16.0. The van der Waals surface area contributed by atoms with Crippen LogP contribution in [0.4, 0.5) is 17.1 Å². The molecule has 1 aromatic heterocycles. The number of hydrogen-bond acceptors (Lipinski definition) is 8. The number of nitrogens with one attached hydrogen (secondary N) is 2. The van der Waals surface area contributed by atoms with Crippen LogP contribution in [-0.2, 0) is 0 Å². The summed E-state index contributed by atoms with van der Waals surface area (Å²) in [7, 11) is 0. The van der Waals surface area contributed by atoms with E-state index in [1.807, 2.05) is 0 Å². The second-order valence-electron chi connectivity index (χ2n) is 3.28. The molecule has 0 saturated carbocycles. The molecule has 0 aliphatic rings. The van der Waals surface area contributed by atoms with E-state index in [9.17, 15) is 35.4 Å². The van der Waals surface area contributed by atoms with Gasteiger partial charge in [-0.25, -0.2) is 0 Å². The van der Waals surface area contributed by atoms with Gasteiger partial charge >= 0.3 is 0 Å². The van der Waals surface area contributed by atoms with Gasteiger partial charge in [-0.1, -0.05) is 0 Å². The van der Waals surface area contributed by atoms with Crippen molar-refractivity contribution in [3.8, 4) is 5.75 Å². The Bertz CT molecular complexity index is 618. The average Bonchev–Trinajstić information content (AvgIpc) is 2.96. The fraction of sp³-hybridized carbons (Fsp3) is 0. The van der Waals surface area contributed by atoms with Gasteiger partial charge in [0.1, 0.15) is 0 Å². The van der Waals surface area contributed by atoms with Gasteiger partial charge in [-0.3, -0.25) is 35.3 Å². The van der Waals surface area contributed by atoms with E-state index in [0.29, 0.717) is 12.1 Å². The molecular formula is C8H6N6O7. The minimum Gasteiger partial charge on any atom is -0.863 e. The van der Waals surface area contributed by atoms with E-state index in [1.54, 1.807) is 12.7 Å². The summed E-state index contributed by atoms with van der Waals surface area (Å²) in [6.45, 7) is 0. The standard InChI is InChI=1S/C6H3N3O7.C2H3N3/c10-6-4(8(13)14)1-3(7(11)12)2-5(6)9(15)16;1-3-2-5-4-1/h1-2,10H;1-2H,(H,3,4,5). The van der Waals surface area contributed by atoms with E-state index in [2.05, 4.69) is 15.2 Å². The number of hydrogen-bond donors (Lipinski definition) is 1. The van der Waals surface area contributed by atoms with E-state index in [0.717, 1.165) is 0 Å². The summed E-state index contributed by atoms with van der Waals surface area (Å²) in [4.78, 5) is 30.2. The number of non-ortho nitro benzene ring substituents is 1. The maximum Gasteiger partial charge on any atom is 0.283 e. The molecule has 1 aromatic carbocycles. The van der Waals surface area contributed by atoms with E-state index in [-0.39, 0.29) is 0 Å². The van der Waals surface area contributed by atoms with Crippen LogP contribution in [0.1, 0.15) is 0 Å². The summed E-state index contributed by atoms with van der Waals surface area (Å²) < 4.78 is 0. The Morgan fingerprint density at radius 1 is 1.00 bits per heavy atom. The molecule has 13 nitrogen and oxygen atoms in total. The molecule has 0 amide bonds. The molecule has 0 aliphatic heterocycles. The van der Waals surface area contributed by atoms with Crippen LogP contribution in [-0.4, -0.2) is 25.0 Å². The highest BCUT2D eigenvalue weighted by Crippen LogP contribution is 2.36. The van der Waals surface area contributed by atoms with Crippen molar-refractivity contribution in [2.24, 2.45) is 0 Å². The number of H-pyrrole nitrogens is 2. The van der Waals surface area contributed by atoms with Crippen LogP contribution in [0.15, 0.2) is 24.8 Å². The Labute approximate surface area is 114 Å². The lowest BCUT2D eigenvalue weighted by molar-refractivity contribution is -0.420. The van der Waals surface area contributed by atoms with Gasteiger partial charge in [-0.15, -0.1) is 5.10 Å². The first-order valence-electron chi connectivity index (χ1n) is 4.97. The highest BCUT2D eigenvalue weighted by atomic mass is 16.6. The molecule has 0 aliphatic carbocycles. The van der Waals surface area contributed by atoms with Crippen molar-refractivity contribution < 1.29 is 24.9 Å². The summed E-state index contributed by atoms with van der Waals surface area (Å²) in [5.74, 6) is -1.46. The summed E-state index contributed by atoms with van der Waals surface area (Å²) in [6.07, 6.45) is 3.21. The van der Waals surface area contributed by atoms with Crippen molar-refractivity contribution in [3.05, 3.63) is 55.1 Å². The first kappa shape index (κ1) is 15.4. The number of rotatable bonds is 3. The quantitative estimate of drug-likeness (QED) is 0.588. The second-order valence-corrected chi connectivity index (χ2v) is 3.28. The number of nitro groups is 3. The van der Waals surface area contributed by atoms with Gasteiger partial charge in [-0.05, 0) is 0 Å². The monoisotopic (exact) mass is 298 g/mol. The lowest BCUT2D eigenvalue weighted by Gasteiger charge is -2.06. The minimum absolute atomic E-state index is 0.384. The van der Waals surface area contributed by atoms with E-state index in [4.69, 9.17) is 0 Å². The molecule has 0 unspecified atom stereocenters. The molecule has 1 heterocycles. The molecule has 2 rings (SSSR count). The van der Waals surface area contributed by atoms with Gasteiger partial charge in [0.15, 0.2) is 0 Å². The smallest absolute Gasteiger partial charge is 0.283 e. The summed E-state index contributed by atoms with van der Waals surface area (Å²) in [5, 5.41) is 48.2. The molecule has 0 spiro atoms. The molecular weight excluding hydrogens is 292 g/mol. The summed E-state index contributed by atoms with van der Waals surface area (Å²) in [5.41, 5.74) is -3.26. The van der Waals surface area contributed by atoms with Gasteiger partial charge in [0.2, 0.25) is 6.33 Å². The van der Waals surface area contributed by atoms with Crippen molar-refractivity contribution in [2.45, 2.75) is 0 Å². The predicted octanol–water partition coefficient (Wildman–Crippen LogP) is -0.291. The van der Waals surface area contributed by atoms with E-state index >= 15 is 0 Å². The van der Waals surface area contributed by atoms with Crippen LogP contribution in [0.2, 0.25) is 0 Å². The van der Waals surface area contributed by atoms with Crippen LogP contribution in [0.25, 0.3) is 0 Å². The number of aromatic nitrogens is 3. The second kappa shape index (κ2) is 6.50. The van der Waals surface area contributed by atoms with Crippen LogP contribution in [0.5, 0.6) is 5.75 Å². The first-order chi connectivity index (χ1) is 9.84. The van der Waals surface area contributed by atoms with Crippen molar-refractivity contribution in [1.82, 2.24) is 10.2 Å². The first-order valence-corrected chi connectivity index (χ1v) is 4.97. The molecule has 110 valence electrons. The largest absolute Gasteiger partial charge is 0.863 e. The zero-order valence-electron chi connectivity index (χ0n) is 9.96. The SMILES string of the molecule is O=[N+]([O-])c1cc([N+](=O)[O-])c([O-])c([N+](=O)[O-])c1.c1n[nH]c[nH+]1. The highest BCUT2D eigenvalue weighted by molar-refractivity contribution is 5.63. The fourth-order valence-electron chi connectivity index (χ4n) is 1.15. The van der Waals surface area contributed by atoms with Crippen molar-refractivity contribution >= 4 is 17.1 Å². The third-order valence-electron chi connectivity index (χ3n) is 2.00. The van der Waals surface area contributed by atoms with E-state index in [1.165, 1.54) is 0 Å². The normalized spacial score (nSPS) is 9.33. The number of nitrogens with zero attached hydrogens (tertiary/aromatic N) is 4. The molecule has 21 heavy (non-hydrogen) atoms. The molecule has 0 atom stereocenters. The van der Waals surface area contributed by atoms with E-state index < -0.39 is 37.6 Å². The molecule has 0 fully saturated rings. The highest BCUT2D eigenvalue weighted by Gasteiger charge is 2.24. The molecule has 0 bridgehead atoms. The minimum atomic E-state index is -1.46.